The van der Waals surface area contributed by atoms with Crippen molar-refractivity contribution in [3.8, 4) is 5.75 Å². The van der Waals surface area contributed by atoms with Crippen molar-refractivity contribution < 1.29 is 14.3 Å². The molecule has 0 heterocycles. The van der Waals surface area contributed by atoms with E-state index >= 15 is 0 Å². The number of rotatable bonds is 5. The topological polar surface area (TPSA) is 67.4 Å². The molecule has 0 bridgehead atoms. The SMILES string of the molecule is COc1ccc(NC(=O)C(C)(C)C(=O)Nc2ccc(Cl)cc2C)cc1Cl. The van der Waals surface area contributed by atoms with Gasteiger partial charge in [0.2, 0.25) is 11.8 Å². The molecule has 26 heavy (non-hydrogen) atoms. The summed E-state index contributed by atoms with van der Waals surface area (Å²) < 4.78 is 5.08. The zero-order chi connectivity index (χ0) is 19.5. The Hall–Kier alpha value is -2.24. The Bertz CT molecular complexity index is 851. The van der Waals surface area contributed by atoms with Gasteiger partial charge in [-0.05, 0) is 62.7 Å². The first-order chi connectivity index (χ1) is 12.1. The highest BCUT2D eigenvalue weighted by Gasteiger charge is 2.36. The van der Waals surface area contributed by atoms with Crippen LogP contribution in [0.3, 0.4) is 0 Å². The number of ether oxygens (including phenoxy) is 1. The third-order valence-corrected chi connectivity index (χ3v) is 4.51. The van der Waals surface area contributed by atoms with E-state index in [1.807, 2.05) is 6.92 Å². The lowest BCUT2D eigenvalue weighted by Crippen LogP contribution is -2.41. The van der Waals surface area contributed by atoms with Crippen LogP contribution in [-0.4, -0.2) is 18.9 Å². The van der Waals surface area contributed by atoms with Gasteiger partial charge in [0.25, 0.3) is 0 Å². The highest BCUT2D eigenvalue weighted by atomic mass is 35.5. The average Bonchev–Trinajstić information content (AvgIpc) is 2.57. The summed E-state index contributed by atoms with van der Waals surface area (Å²) in [6.45, 7) is 4.93. The maximum Gasteiger partial charge on any atom is 0.239 e. The van der Waals surface area contributed by atoms with Crippen molar-refractivity contribution >= 4 is 46.4 Å². The van der Waals surface area contributed by atoms with Gasteiger partial charge in [-0.25, -0.2) is 0 Å². The Morgan fingerprint density at radius 3 is 2.23 bits per heavy atom. The summed E-state index contributed by atoms with van der Waals surface area (Å²) in [5.41, 5.74) is 0.583. The minimum absolute atomic E-state index is 0.365. The summed E-state index contributed by atoms with van der Waals surface area (Å²) in [6, 6.07) is 9.98. The van der Waals surface area contributed by atoms with Crippen molar-refractivity contribution in [2.24, 2.45) is 5.41 Å². The van der Waals surface area contributed by atoms with Gasteiger partial charge in [-0.3, -0.25) is 9.59 Å². The largest absolute Gasteiger partial charge is 0.495 e. The Balaban J connectivity index is 2.13. The minimum atomic E-state index is -1.31. The van der Waals surface area contributed by atoms with Crippen LogP contribution in [0.1, 0.15) is 19.4 Å². The van der Waals surface area contributed by atoms with Crippen molar-refractivity contribution in [1.82, 2.24) is 0 Å². The van der Waals surface area contributed by atoms with Crippen LogP contribution in [0.4, 0.5) is 11.4 Å². The molecular formula is C19H20Cl2N2O3. The Morgan fingerprint density at radius 1 is 1.00 bits per heavy atom. The Morgan fingerprint density at radius 2 is 1.65 bits per heavy atom. The van der Waals surface area contributed by atoms with Crippen LogP contribution in [0.2, 0.25) is 10.0 Å². The van der Waals surface area contributed by atoms with Crippen LogP contribution < -0.4 is 15.4 Å². The second-order valence-corrected chi connectivity index (χ2v) is 7.19. The van der Waals surface area contributed by atoms with Gasteiger partial charge in [-0.2, -0.15) is 0 Å². The van der Waals surface area contributed by atoms with E-state index in [1.165, 1.54) is 7.11 Å². The van der Waals surface area contributed by atoms with Crippen LogP contribution in [0.25, 0.3) is 0 Å². The molecule has 5 nitrogen and oxygen atoms in total. The van der Waals surface area contributed by atoms with Crippen LogP contribution >= 0.6 is 23.2 Å². The molecule has 0 atom stereocenters. The predicted octanol–water partition coefficient (Wildman–Crippen LogP) is 4.91. The first kappa shape index (κ1) is 20.1. The first-order valence-corrected chi connectivity index (χ1v) is 8.63. The highest BCUT2D eigenvalue weighted by Crippen LogP contribution is 2.29. The smallest absolute Gasteiger partial charge is 0.239 e. The maximum absolute atomic E-state index is 12.6. The summed E-state index contributed by atoms with van der Waals surface area (Å²) in [4.78, 5) is 25.2. The van der Waals surface area contributed by atoms with E-state index in [0.717, 1.165) is 5.56 Å². The summed E-state index contributed by atoms with van der Waals surface area (Å²) >= 11 is 12.0. The molecule has 138 valence electrons. The second kappa shape index (κ2) is 7.98. The number of hydrogen-bond donors (Lipinski definition) is 2. The summed E-state index contributed by atoms with van der Waals surface area (Å²) in [5.74, 6) is -0.386. The van der Waals surface area contributed by atoms with Crippen LogP contribution in [-0.2, 0) is 9.59 Å². The van der Waals surface area contributed by atoms with Gasteiger partial charge in [-0.15, -0.1) is 0 Å². The number of anilines is 2. The van der Waals surface area contributed by atoms with E-state index in [2.05, 4.69) is 10.6 Å². The molecule has 0 saturated heterocycles. The van der Waals surface area contributed by atoms with Crippen LogP contribution in [0, 0.1) is 12.3 Å². The van der Waals surface area contributed by atoms with Crippen molar-refractivity contribution in [2.45, 2.75) is 20.8 Å². The highest BCUT2D eigenvalue weighted by molar-refractivity contribution is 6.32. The van der Waals surface area contributed by atoms with E-state index in [-0.39, 0.29) is 0 Å². The van der Waals surface area contributed by atoms with Gasteiger partial charge < -0.3 is 15.4 Å². The third kappa shape index (κ3) is 4.48. The van der Waals surface area contributed by atoms with Crippen LogP contribution in [0.5, 0.6) is 5.75 Å². The lowest BCUT2D eigenvalue weighted by atomic mass is 9.90. The van der Waals surface area contributed by atoms with Gasteiger partial charge >= 0.3 is 0 Å². The van der Waals surface area contributed by atoms with Gasteiger partial charge in [-0.1, -0.05) is 23.2 Å². The molecule has 0 radical (unpaired) electrons. The molecule has 7 heteroatoms. The summed E-state index contributed by atoms with van der Waals surface area (Å²) in [5, 5.41) is 6.42. The fraction of sp³-hybridized carbons (Fsp3) is 0.263. The van der Waals surface area contributed by atoms with Gasteiger partial charge in [0.1, 0.15) is 11.2 Å². The molecular weight excluding hydrogens is 375 g/mol. The zero-order valence-electron chi connectivity index (χ0n) is 14.9. The number of methoxy groups -OCH3 is 1. The van der Waals surface area contributed by atoms with Gasteiger partial charge in [0.05, 0.1) is 12.1 Å². The van der Waals surface area contributed by atoms with E-state index in [1.54, 1.807) is 50.2 Å². The normalized spacial score (nSPS) is 11.0. The summed E-state index contributed by atoms with van der Waals surface area (Å²) in [7, 11) is 1.51. The van der Waals surface area contributed by atoms with E-state index in [0.29, 0.717) is 27.2 Å². The number of nitrogens with one attached hydrogen (secondary N) is 2. The molecule has 0 unspecified atom stereocenters. The lowest BCUT2D eigenvalue weighted by Gasteiger charge is -2.23. The van der Waals surface area contributed by atoms with E-state index < -0.39 is 17.2 Å². The van der Waals surface area contributed by atoms with Crippen molar-refractivity contribution in [1.29, 1.82) is 0 Å². The fourth-order valence-corrected chi connectivity index (χ4v) is 2.66. The Kier molecular flexibility index (Phi) is 6.16. The molecule has 0 aliphatic carbocycles. The number of halogens is 2. The monoisotopic (exact) mass is 394 g/mol. The van der Waals surface area contributed by atoms with Crippen molar-refractivity contribution in [3.05, 3.63) is 52.0 Å². The first-order valence-electron chi connectivity index (χ1n) is 7.87. The molecule has 0 aromatic heterocycles. The number of carbonyl (C=O) groups excluding carboxylic acids is 2. The number of hydrogen-bond acceptors (Lipinski definition) is 3. The number of benzene rings is 2. The van der Waals surface area contributed by atoms with Gasteiger partial charge in [0.15, 0.2) is 0 Å². The standard InChI is InChI=1S/C19H20Cl2N2O3/c1-11-9-12(20)5-7-15(11)23-18(25)19(2,3)17(24)22-13-6-8-16(26-4)14(21)10-13/h5-10H,1-4H3,(H,22,24)(H,23,25). The molecule has 0 aliphatic rings. The maximum atomic E-state index is 12.6. The number of carbonyl (C=O) groups is 2. The molecule has 0 spiro atoms. The lowest BCUT2D eigenvalue weighted by molar-refractivity contribution is -0.135. The molecule has 2 rings (SSSR count). The molecule has 0 aliphatic heterocycles. The molecule has 0 fully saturated rings. The van der Waals surface area contributed by atoms with Crippen molar-refractivity contribution in [3.63, 3.8) is 0 Å². The molecule has 2 aromatic carbocycles. The van der Waals surface area contributed by atoms with Gasteiger partial charge in [0, 0.05) is 16.4 Å². The molecule has 2 N–H and O–H groups in total. The van der Waals surface area contributed by atoms with Crippen LogP contribution in [0.15, 0.2) is 36.4 Å². The zero-order valence-corrected chi connectivity index (χ0v) is 16.5. The third-order valence-electron chi connectivity index (χ3n) is 3.98. The Labute approximate surface area is 162 Å². The fourth-order valence-electron chi connectivity index (χ4n) is 2.18. The minimum Gasteiger partial charge on any atom is -0.495 e. The molecule has 2 aromatic rings. The second-order valence-electron chi connectivity index (χ2n) is 6.34. The average molecular weight is 395 g/mol. The molecule has 2 amide bonds. The quantitative estimate of drug-likeness (QED) is 0.707. The van der Waals surface area contributed by atoms with E-state index in [9.17, 15) is 9.59 Å². The number of aryl methyl sites for hydroxylation is 1. The van der Waals surface area contributed by atoms with Crippen molar-refractivity contribution in [2.75, 3.05) is 17.7 Å². The predicted molar refractivity (Wildman–Crippen MR) is 105 cm³/mol. The summed E-state index contributed by atoms with van der Waals surface area (Å²) in [6.07, 6.45) is 0. The number of amides is 2. The molecule has 0 saturated carbocycles. The van der Waals surface area contributed by atoms with E-state index in [4.69, 9.17) is 27.9 Å².